The largest absolute Gasteiger partial charge is 0.311 e. The van der Waals surface area contributed by atoms with Gasteiger partial charge in [-0.25, -0.2) is 9.97 Å². The van der Waals surface area contributed by atoms with Crippen molar-refractivity contribution in [2.24, 2.45) is 0 Å². The average Bonchev–Trinajstić information content (AvgIpc) is 3.53. The quantitative estimate of drug-likeness (QED) is 0.185. The Morgan fingerprint density at radius 1 is 0.391 bits per heavy atom. The summed E-state index contributed by atoms with van der Waals surface area (Å²) in [5.41, 5.74) is 11.2. The van der Waals surface area contributed by atoms with E-state index in [1.165, 1.54) is 16.5 Å². The first-order valence-electron chi connectivity index (χ1n) is 15.4. The van der Waals surface area contributed by atoms with Crippen LogP contribution in [-0.4, -0.2) is 14.5 Å². The highest BCUT2D eigenvalue weighted by atomic mass is 15.1. The van der Waals surface area contributed by atoms with Gasteiger partial charge in [-0.05, 0) is 64.7 Å². The standard InChI is InChI=1S/C42H30N4/c1-4-12-34(13-5-1)40-30-45(41-19-11-10-18-39(40)41)42-43-28-35(29-44-42)33-22-20-31(21-23-33)32-24-26-38(27-25-32)46(36-14-6-2-7-15-36)37-16-8-3-9-17-37/h1-30H. The zero-order chi connectivity index (χ0) is 30.7. The van der Waals surface area contributed by atoms with E-state index >= 15 is 0 Å². The number of nitrogens with zero attached hydrogens (tertiary/aromatic N) is 4. The van der Waals surface area contributed by atoms with Gasteiger partial charge in [0.15, 0.2) is 0 Å². The molecule has 0 aliphatic heterocycles. The lowest BCUT2D eigenvalue weighted by atomic mass is 10.0. The highest BCUT2D eigenvalue weighted by Crippen LogP contribution is 2.36. The summed E-state index contributed by atoms with van der Waals surface area (Å²) < 4.78 is 2.07. The lowest BCUT2D eigenvalue weighted by Gasteiger charge is -2.25. The molecule has 4 nitrogen and oxygen atoms in total. The molecule has 2 heterocycles. The van der Waals surface area contributed by atoms with E-state index in [0.717, 1.165) is 44.8 Å². The maximum atomic E-state index is 4.79. The Labute approximate surface area is 268 Å². The predicted octanol–water partition coefficient (Wildman–Crippen LogP) is 10.9. The van der Waals surface area contributed by atoms with Crippen molar-refractivity contribution >= 4 is 28.0 Å². The van der Waals surface area contributed by atoms with E-state index in [2.05, 4.69) is 161 Å². The van der Waals surface area contributed by atoms with Crippen molar-refractivity contribution < 1.29 is 0 Å². The van der Waals surface area contributed by atoms with E-state index in [1.54, 1.807) is 0 Å². The molecule has 0 saturated carbocycles. The van der Waals surface area contributed by atoms with E-state index in [1.807, 2.05) is 30.6 Å². The van der Waals surface area contributed by atoms with Crippen molar-refractivity contribution in [3.8, 4) is 39.3 Å². The number of hydrogen-bond acceptors (Lipinski definition) is 3. The van der Waals surface area contributed by atoms with Gasteiger partial charge in [0.05, 0.1) is 5.52 Å². The fourth-order valence-corrected chi connectivity index (χ4v) is 6.05. The van der Waals surface area contributed by atoms with Crippen LogP contribution in [0.15, 0.2) is 182 Å². The van der Waals surface area contributed by atoms with Crippen molar-refractivity contribution in [3.05, 3.63) is 182 Å². The zero-order valence-corrected chi connectivity index (χ0v) is 25.1. The fraction of sp³-hybridized carbons (Fsp3) is 0. The molecule has 2 aromatic heterocycles. The van der Waals surface area contributed by atoms with Gasteiger partial charge in [0, 0.05) is 52.2 Å². The van der Waals surface area contributed by atoms with E-state index in [0.29, 0.717) is 5.95 Å². The Hall–Kier alpha value is -6.26. The van der Waals surface area contributed by atoms with Gasteiger partial charge in [0.1, 0.15) is 0 Å². The third kappa shape index (κ3) is 5.23. The van der Waals surface area contributed by atoms with Crippen molar-refractivity contribution in [1.82, 2.24) is 14.5 Å². The van der Waals surface area contributed by atoms with Gasteiger partial charge in [-0.3, -0.25) is 4.57 Å². The van der Waals surface area contributed by atoms with Gasteiger partial charge in [-0.15, -0.1) is 0 Å². The van der Waals surface area contributed by atoms with E-state index < -0.39 is 0 Å². The smallest absolute Gasteiger partial charge is 0.234 e. The topological polar surface area (TPSA) is 34.0 Å². The SMILES string of the molecule is c1ccc(-c2cn(-c3ncc(-c4ccc(-c5ccc(N(c6ccccc6)c6ccccc6)cc5)cc4)cn3)c3ccccc23)cc1. The van der Waals surface area contributed by atoms with Gasteiger partial charge in [-0.1, -0.05) is 121 Å². The molecule has 0 aliphatic rings. The van der Waals surface area contributed by atoms with Crippen LogP contribution in [0.1, 0.15) is 0 Å². The molecular weight excluding hydrogens is 560 g/mol. The summed E-state index contributed by atoms with van der Waals surface area (Å²) in [6.45, 7) is 0. The Bertz CT molecular complexity index is 2170. The summed E-state index contributed by atoms with van der Waals surface area (Å²) >= 11 is 0. The van der Waals surface area contributed by atoms with Crippen LogP contribution < -0.4 is 4.90 Å². The molecule has 0 spiro atoms. The molecule has 0 bridgehead atoms. The molecule has 6 aromatic carbocycles. The van der Waals surface area contributed by atoms with Gasteiger partial charge >= 0.3 is 0 Å². The Balaban J connectivity index is 1.04. The Morgan fingerprint density at radius 3 is 1.43 bits per heavy atom. The van der Waals surface area contributed by atoms with E-state index in [4.69, 9.17) is 9.97 Å². The Morgan fingerprint density at radius 2 is 0.848 bits per heavy atom. The third-order valence-electron chi connectivity index (χ3n) is 8.36. The molecule has 0 amide bonds. The minimum Gasteiger partial charge on any atom is -0.311 e. The first-order valence-corrected chi connectivity index (χ1v) is 15.4. The van der Waals surface area contributed by atoms with Crippen molar-refractivity contribution in [2.75, 3.05) is 4.90 Å². The number of para-hydroxylation sites is 3. The number of anilines is 3. The molecule has 0 aliphatic carbocycles. The predicted molar refractivity (Wildman–Crippen MR) is 190 cm³/mol. The number of benzene rings is 6. The molecule has 8 rings (SSSR count). The minimum absolute atomic E-state index is 0.652. The average molecular weight is 591 g/mol. The second kappa shape index (κ2) is 12.0. The van der Waals surface area contributed by atoms with Crippen molar-refractivity contribution in [1.29, 1.82) is 0 Å². The van der Waals surface area contributed by atoms with Gasteiger partial charge in [-0.2, -0.15) is 0 Å². The summed E-state index contributed by atoms with van der Waals surface area (Å²) in [4.78, 5) is 11.8. The van der Waals surface area contributed by atoms with Gasteiger partial charge in [0.25, 0.3) is 0 Å². The lowest BCUT2D eigenvalue weighted by Crippen LogP contribution is -2.09. The summed E-state index contributed by atoms with van der Waals surface area (Å²) in [6.07, 6.45) is 5.95. The molecule has 0 atom stereocenters. The summed E-state index contributed by atoms with van der Waals surface area (Å²) in [6, 6.07) is 57.1. The van der Waals surface area contributed by atoms with Crippen molar-refractivity contribution in [3.63, 3.8) is 0 Å². The highest BCUT2D eigenvalue weighted by molar-refractivity contribution is 5.96. The second-order valence-electron chi connectivity index (χ2n) is 11.2. The third-order valence-corrected chi connectivity index (χ3v) is 8.36. The maximum absolute atomic E-state index is 4.79. The summed E-state index contributed by atoms with van der Waals surface area (Å²) in [5.74, 6) is 0.652. The van der Waals surface area contributed by atoms with Crippen LogP contribution in [-0.2, 0) is 0 Å². The number of rotatable bonds is 7. The Kier molecular flexibility index (Phi) is 7.14. The van der Waals surface area contributed by atoms with Gasteiger partial charge < -0.3 is 4.90 Å². The van der Waals surface area contributed by atoms with Crippen LogP contribution in [0.5, 0.6) is 0 Å². The number of aromatic nitrogens is 3. The molecule has 46 heavy (non-hydrogen) atoms. The summed E-state index contributed by atoms with van der Waals surface area (Å²) in [7, 11) is 0. The second-order valence-corrected chi connectivity index (χ2v) is 11.2. The van der Waals surface area contributed by atoms with Crippen LogP contribution in [0.25, 0.3) is 50.2 Å². The molecule has 4 heteroatoms. The van der Waals surface area contributed by atoms with Crippen LogP contribution in [0.4, 0.5) is 17.1 Å². The molecule has 8 aromatic rings. The minimum atomic E-state index is 0.652. The number of hydrogen-bond donors (Lipinski definition) is 0. The van der Waals surface area contributed by atoms with E-state index in [-0.39, 0.29) is 0 Å². The molecule has 0 saturated heterocycles. The monoisotopic (exact) mass is 590 g/mol. The molecule has 0 unspecified atom stereocenters. The molecule has 0 fully saturated rings. The first-order chi connectivity index (χ1) is 22.8. The van der Waals surface area contributed by atoms with Crippen LogP contribution in [0.3, 0.4) is 0 Å². The van der Waals surface area contributed by atoms with Crippen LogP contribution in [0.2, 0.25) is 0 Å². The van der Waals surface area contributed by atoms with Gasteiger partial charge in [0.2, 0.25) is 5.95 Å². The molecule has 0 N–H and O–H groups in total. The lowest BCUT2D eigenvalue weighted by molar-refractivity contribution is 0.964. The fourth-order valence-electron chi connectivity index (χ4n) is 6.05. The molecular formula is C42H30N4. The summed E-state index contributed by atoms with van der Waals surface area (Å²) in [5, 5.41) is 1.18. The highest BCUT2D eigenvalue weighted by Gasteiger charge is 2.14. The molecule has 218 valence electrons. The normalized spacial score (nSPS) is 11.0. The number of fused-ring (bicyclic) bond motifs is 1. The van der Waals surface area contributed by atoms with Crippen molar-refractivity contribution in [2.45, 2.75) is 0 Å². The maximum Gasteiger partial charge on any atom is 0.234 e. The first kappa shape index (κ1) is 27.3. The van der Waals surface area contributed by atoms with Crippen LogP contribution in [0, 0.1) is 0 Å². The van der Waals surface area contributed by atoms with Crippen LogP contribution >= 0.6 is 0 Å². The zero-order valence-electron chi connectivity index (χ0n) is 25.1. The molecule has 0 radical (unpaired) electrons. The van der Waals surface area contributed by atoms with E-state index in [9.17, 15) is 0 Å².